The fourth-order valence-electron chi connectivity index (χ4n) is 5.07. The molecule has 0 radical (unpaired) electrons. The molecule has 0 spiro atoms. The molecule has 0 aromatic rings. The summed E-state index contributed by atoms with van der Waals surface area (Å²) in [4.78, 5) is 24.2. The van der Waals surface area contributed by atoms with Gasteiger partial charge < -0.3 is 14.6 Å². The first-order valence-corrected chi connectivity index (χ1v) is 11.3. The predicted octanol–water partition coefficient (Wildman–Crippen LogP) is 4.20. The Bertz CT molecular complexity index is 666. The van der Waals surface area contributed by atoms with Crippen LogP contribution in [0.25, 0.3) is 0 Å². The highest BCUT2D eigenvalue weighted by Crippen LogP contribution is 2.45. The van der Waals surface area contributed by atoms with Crippen molar-refractivity contribution in [3.05, 3.63) is 23.8 Å². The van der Waals surface area contributed by atoms with Crippen LogP contribution in [-0.2, 0) is 19.1 Å². The Hall–Kier alpha value is -1.62. The Morgan fingerprint density at radius 3 is 2.76 bits per heavy atom. The van der Waals surface area contributed by atoms with E-state index < -0.39 is 6.10 Å². The minimum Gasteiger partial charge on any atom is -0.462 e. The van der Waals surface area contributed by atoms with E-state index in [4.69, 9.17) is 9.47 Å². The zero-order valence-corrected chi connectivity index (χ0v) is 18.2. The van der Waals surface area contributed by atoms with Gasteiger partial charge in [-0.15, -0.1) is 0 Å². The van der Waals surface area contributed by atoms with Gasteiger partial charge in [0.05, 0.1) is 18.4 Å². The average Bonchev–Trinajstić information content (AvgIpc) is 2.65. The maximum Gasteiger partial charge on any atom is 0.308 e. The summed E-state index contributed by atoms with van der Waals surface area (Å²) in [6.07, 6.45) is 9.70. The summed E-state index contributed by atoms with van der Waals surface area (Å²) in [5.74, 6) is 0.755. The van der Waals surface area contributed by atoms with Crippen LogP contribution in [0.5, 0.6) is 0 Å². The van der Waals surface area contributed by atoms with Crippen LogP contribution in [0.1, 0.15) is 66.2 Å². The molecule has 3 rings (SSSR count). The summed E-state index contributed by atoms with van der Waals surface area (Å²) in [6, 6.07) is 0. The SMILES string of the molecule is CC[C@H](C)C(=O)O[C@H]1C[C@@H](C)C=C2C=C[C@H](C)C(CCC3CC(O)CC(=O)O3)C21. The maximum absolute atomic E-state index is 12.5. The monoisotopic (exact) mass is 404 g/mol. The van der Waals surface area contributed by atoms with Crippen LogP contribution < -0.4 is 0 Å². The number of allylic oxidation sites excluding steroid dienone is 3. The van der Waals surface area contributed by atoms with E-state index in [0.29, 0.717) is 24.2 Å². The van der Waals surface area contributed by atoms with E-state index in [1.807, 2.05) is 13.8 Å². The summed E-state index contributed by atoms with van der Waals surface area (Å²) in [7, 11) is 0. The van der Waals surface area contributed by atoms with Gasteiger partial charge in [0.1, 0.15) is 12.2 Å². The van der Waals surface area contributed by atoms with Crippen molar-refractivity contribution in [3.63, 3.8) is 0 Å². The minimum absolute atomic E-state index is 0.0854. The fourth-order valence-corrected chi connectivity index (χ4v) is 5.07. The van der Waals surface area contributed by atoms with Gasteiger partial charge in [-0.1, -0.05) is 45.9 Å². The third kappa shape index (κ3) is 5.30. The van der Waals surface area contributed by atoms with Crippen molar-refractivity contribution < 1.29 is 24.2 Å². The smallest absolute Gasteiger partial charge is 0.308 e. The fraction of sp³-hybridized carbons (Fsp3) is 0.750. The van der Waals surface area contributed by atoms with Crippen LogP contribution in [0, 0.1) is 29.6 Å². The molecule has 5 nitrogen and oxygen atoms in total. The highest BCUT2D eigenvalue weighted by Gasteiger charge is 2.42. The van der Waals surface area contributed by atoms with Gasteiger partial charge in [-0.3, -0.25) is 9.59 Å². The van der Waals surface area contributed by atoms with Crippen LogP contribution in [0.3, 0.4) is 0 Å². The predicted molar refractivity (Wildman–Crippen MR) is 111 cm³/mol. The number of cyclic esters (lactones) is 1. The van der Waals surface area contributed by atoms with Gasteiger partial charge in [0, 0.05) is 12.3 Å². The number of hydrogen-bond donors (Lipinski definition) is 1. The lowest BCUT2D eigenvalue weighted by molar-refractivity contribution is -0.162. The minimum atomic E-state index is -0.597. The molecule has 8 atom stereocenters. The first-order chi connectivity index (χ1) is 13.8. The quantitative estimate of drug-likeness (QED) is 0.672. The summed E-state index contributed by atoms with van der Waals surface area (Å²) in [6.45, 7) is 8.33. The number of esters is 2. The molecule has 4 unspecified atom stereocenters. The number of hydrogen-bond acceptors (Lipinski definition) is 5. The Labute approximate surface area is 174 Å². The summed E-state index contributed by atoms with van der Waals surface area (Å²) in [5.41, 5.74) is 1.27. The van der Waals surface area contributed by atoms with Crippen molar-refractivity contribution in [2.75, 3.05) is 0 Å². The van der Waals surface area contributed by atoms with E-state index >= 15 is 0 Å². The van der Waals surface area contributed by atoms with Crippen LogP contribution in [-0.4, -0.2) is 35.4 Å². The number of rotatable bonds is 6. The third-order valence-corrected chi connectivity index (χ3v) is 6.93. The van der Waals surface area contributed by atoms with E-state index in [0.717, 1.165) is 25.7 Å². The molecule has 1 aliphatic heterocycles. The van der Waals surface area contributed by atoms with Crippen molar-refractivity contribution in [1.82, 2.24) is 0 Å². The molecule has 3 aliphatic rings. The molecule has 0 aromatic carbocycles. The van der Waals surface area contributed by atoms with E-state index in [1.54, 1.807) is 0 Å². The normalized spacial score (nSPS) is 37.9. The zero-order chi connectivity index (χ0) is 21.1. The highest BCUT2D eigenvalue weighted by molar-refractivity contribution is 5.72. The topological polar surface area (TPSA) is 72.8 Å². The number of aliphatic hydroxyl groups is 1. The largest absolute Gasteiger partial charge is 0.462 e. The molecule has 1 N–H and O–H groups in total. The number of aliphatic hydroxyl groups excluding tert-OH is 1. The number of carbonyl (C=O) groups excluding carboxylic acids is 2. The Kier molecular flexibility index (Phi) is 7.20. The second-order valence-electron chi connectivity index (χ2n) is 9.36. The molecule has 0 aromatic heterocycles. The molecule has 0 bridgehead atoms. The van der Waals surface area contributed by atoms with Gasteiger partial charge in [0.2, 0.25) is 0 Å². The van der Waals surface area contributed by atoms with Crippen molar-refractivity contribution >= 4 is 11.9 Å². The Balaban J connectivity index is 1.74. The Morgan fingerprint density at radius 1 is 1.31 bits per heavy atom. The van der Waals surface area contributed by atoms with Gasteiger partial charge in [-0.25, -0.2) is 0 Å². The van der Waals surface area contributed by atoms with Crippen LogP contribution in [0.4, 0.5) is 0 Å². The van der Waals surface area contributed by atoms with Gasteiger partial charge in [0.25, 0.3) is 0 Å². The molecule has 0 amide bonds. The number of ether oxygens (including phenoxy) is 2. The number of carbonyl (C=O) groups is 2. The van der Waals surface area contributed by atoms with Crippen LogP contribution >= 0.6 is 0 Å². The summed E-state index contributed by atoms with van der Waals surface area (Å²) in [5, 5.41) is 9.89. The standard InChI is InChI=1S/C24H36O5/c1-5-15(3)24(27)29-21-11-14(2)10-17-7-6-16(4)20(23(17)21)9-8-19-12-18(25)13-22(26)28-19/h6-7,10,14-16,18-21,23,25H,5,8-9,11-13H2,1-4H3/t14-,15-,16-,18?,19?,20?,21-,23?/m0/s1. The molecular formula is C24H36O5. The molecular weight excluding hydrogens is 368 g/mol. The van der Waals surface area contributed by atoms with Crippen LogP contribution in [0.15, 0.2) is 23.8 Å². The van der Waals surface area contributed by atoms with Crippen molar-refractivity contribution in [1.29, 1.82) is 0 Å². The first-order valence-electron chi connectivity index (χ1n) is 11.3. The zero-order valence-electron chi connectivity index (χ0n) is 18.2. The van der Waals surface area contributed by atoms with Gasteiger partial charge in [0.15, 0.2) is 0 Å². The molecule has 5 heteroatoms. The van der Waals surface area contributed by atoms with E-state index in [9.17, 15) is 14.7 Å². The van der Waals surface area contributed by atoms with Gasteiger partial charge in [-0.2, -0.15) is 0 Å². The second-order valence-corrected chi connectivity index (χ2v) is 9.36. The molecule has 1 fully saturated rings. The molecule has 2 aliphatic carbocycles. The summed E-state index contributed by atoms with van der Waals surface area (Å²) < 4.78 is 11.5. The third-order valence-electron chi connectivity index (χ3n) is 6.93. The van der Waals surface area contributed by atoms with E-state index in [-0.39, 0.29) is 42.4 Å². The molecule has 162 valence electrons. The average molecular weight is 405 g/mol. The number of fused-ring (bicyclic) bond motifs is 1. The molecule has 1 saturated heterocycles. The lowest BCUT2D eigenvalue weighted by Crippen LogP contribution is -2.42. The lowest BCUT2D eigenvalue weighted by Gasteiger charge is -2.43. The maximum atomic E-state index is 12.5. The van der Waals surface area contributed by atoms with Crippen molar-refractivity contribution in [2.45, 2.75) is 84.5 Å². The molecule has 0 saturated carbocycles. The molecule has 29 heavy (non-hydrogen) atoms. The molecule has 1 heterocycles. The lowest BCUT2D eigenvalue weighted by atomic mass is 9.65. The van der Waals surface area contributed by atoms with Crippen LogP contribution in [0.2, 0.25) is 0 Å². The first kappa shape index (κ1) is 22.1. The van der Waals surface area contributed by atoms with E-state index in [2.05, 4.69) is 32.1 Å². The van der Waals surface area contributed by atoms with Gasteiger partial charge >= 0.3 is 11.9 Å². The van der Waals surface area contributed by atoms with Gasteiger partial charge in [-0.05, 0) is 49.0 Å². The van der Waals surface area contributed by atoms with E-state index in [1.165, 1.54) is 5.57 Å². The Morgan fingerprint density at radius 2 is 2.07 bits per heavy atom. The second kappa shape index (κ2) is 9.46. The highest BCUT2D eigenvalue weighted by atomic mass is 16.5. The summed E-state index contributed by atoms with van der Waals surface area (Å²) >= 11 is 0. The van der Waals surface area contributed by atoms with Crippen molar-refractivity contribution in [2.24, 2.45) is 29.6 Å². The van der Waals surface area contributed by atoms with Crippen molar-refractivity contribution in [3.8, 4) is 0 Å².